The predicted molar refractivity (Wildman–Crippen MR) is 93.2 cm³/mol. The van der Waals surface area contributed by atoms with Crippen LogP contribution in [0.3, 0.4) is 0 Å². The third-order valence-electron chi connectivity index (χ3n) is 5.64. The molecule has 0 radical (unpaired) electrons. The van der Waals surface area contributed by atoms with E-state index >= 15 is 0 Å². The molecule has 2 unspecified atom stereocenters. The zero-order chi connectivity index (χ0) is 18.5. The van der Waals surface area contributed by atoms with E-state index in [-0.39, 0.29) is 41.3 Å². The van der Waals surface area contributed by atoms with E-state index in [1.54, 1.807) is 29.4 Å². The molecule has 2 aromatic rings. The largest absolute Gasteiger partial charge is 0.463 e. The van der Waals surface area contributed by atoms with Gasteiger partial charge in [0, 0.05) is 19.2 Å². The number of furan rings is 1. The van der Waals surface area contributed by atoms with Gasteiger partial charge in [0.2, 0.25) is 11.8 Å². The Kier molecular flexibility index (Phi) is 3.53. The Labute approximate surface area is 154 Å². The number of imide groups is 1. The number of carbonyl (C=O) groups is 3. The molecule has 4 heterocycles. The van der Waals surface area contributed by atoms with Crippen LogP contribution >= 0.6 is 0 Å². The first kappa shape index (κ1) is 16.0. The third kappa shape index (κ3) is 2.43. The van der Waals surface area contributed by atoms with Gasteiger partial charge >= 0.3 is 0 Å². The van der Waals surface area contributed by atoms with E-state index in [2.05, 4.69) is 10.2 Å². The number of likely N-dealkylation sites (tertiary alicyclic amines) is 2. The van der Waals surface area contributed by atoms with Crippen molar-refractivity contribution in [2.75, 3.05) is 13.1 Å². The Hall–Kier alpha value is -3.16. The van der Waals surface area contributed by atoms with Gasteiger partial charge in [-0.25, -0.2) is 0 Å². The summed E-state index contributed by atoms with van der Waals surface area (Å²) in [6.45, 7) is 0.707. The molecule has 3 aliphatic rings. The average Bonchev–Trinajstić information content (AvgIpc) is 3.37. The molecule has 1 N–H and O–H groups in total. The first-order valence-corrected chi connectivity index (χ1v) is 9.04. The maximum absolute atomic E-state index is 12.6. The smallest absolute Gasteiger partial charge is 0.274 e. The number of rotatable bonds is 3. The van der Waals surface area contributed by atoms with Crippen LogP contribution in [0.15, 0.2) is 41.0 Å². The topological polar surface area (TPSA) is 99.5 Å². The van der Waals surface area contributed by atoms with Crippen LogP contribution in [-0.2, 0) is 9.59 Å². The summed E-state index contributed by atoms with van der Waals surface area (Å²) in [5, 5.41) is 6.84. The van der Waals surface area contributed by atoms with Crippen molar-refractivity contribution in [2.24, 2.45) is 11.8 Å². The van der Waals surface area contributed by atoms with E-state index < -0.39 is 0 Å². The fourth-order valence-electron chi connectivity index (χ4n) is 4.12. The molecule has 5 rings (SSSR count). The normalized spacial score (nSPS) is 25.0. The minimum Gasteiger partial charge on any atom is -0.463 e. The molecular weight excluding hydrogens is 348 g/mol. The highest BCUT2D eigenvalue weighted by Crippen LogP contribution is 2.37. The lowest BCUT2D eigenvalue weighted by molar-refractivity contribution is -0.145. The summed E-state index contributed by atoms with van der Waals surface area (Å²) in [7, 11) is 0. The number of carbonyl (C=O) groups excluding carboxylic acids is 3. The molecule has 0 saturated carbocycles. The van der Waals surface area contributed by atoms with Gasteiger partial charge in [-0.1, -0.05) is 12.2 Å². The molecule has 2 atom stereocenters. The Bertz CT molecular complexity index is 913. The molecule has 3 amide bonds. The van der Waals surface area contributed by atoms with Crippen molar-refractivity contribution in [3.63, 3.8) is 0 Å². The standard InChI is InChI=1S/C19H18N4O4/c24-17-12-4-1-2-5-13(12)18(25)23(17)11-9-22(10-11)19(26)15-8-14(20-21-15)16-6-3-7-27-16/h1-3,6-8,11-13H,4-5,9-10H2,(H,20,21). The lowest BCUT2D eigenvalue weighted by Gasteiger charge is -2.42. The molecule has 0 bridgehead atoms. The number of hydrogen-bond acceptors (Lipinski definition) is 5. The summed E-state index contributed by atoms with van der Waals surface area (Å²) in [6, 6.07) is 4.94. The van der Waals surface area contributed by atoms with E-state index in [0.717, 1.165) is 0 Å². The predicted octanol–water partition coefficient (Wildman–Crippen LogP) is 1.45. The maximum Gasteiger partial charge on any atom is 0.274 e. The van der Waals surface area contributed by atoms with Crippen LogP contribution in [0.1, 0.15) is 23.3 Å². The van der Waals surface area contributed by atoms with Crippen molar-refractivity contribution in [1.29, 1.82) is 0 Å². The number of allylic oxidation sites excluding steroid dienone is 2. The van der Waals surface area contributed by atoms with Crippen molar-refractivity contribution >= 4 is 17.7 Å². The molecule has 0 spiro atoms. The highest BCUT2D eigenvalue weighted by molar-refractivity contribution is 6.06. The van der Waals surface area contributed by atoms with Gasteiger partial charge in [0.25, 0.3) is 5.91 Å². The summed E-state index contributed by atoms with van der Waals surface area (Å²) in [5.41, 5.74) is 0.915. The van der Waals surface area contributed by atoms with Crippen LogP contribution in [0.5, 0.6) is 0 Å². The molecule has 8 nitrogen and oxygen atoms in total. The molecular formula is C19H18N4O4. The Morgan fingerprint density at radius 2 is 1.85 bits per heavy atom. The number of aromatic nitrogens is 2. The molecule has 0 aromatic carbocycles. The van der Waals surface area contributed by atoms with Crippen LogP contribution in [0.25, 0.3) is 11.5 Å². The van der Waals surface area contributed by atoms with Crippen LogP contribution < -0.4 is 0 Å². The van der Waals surface area contributed by atoms with Gasteiger partial charge in [0.15, 0.2) is 11.5 Å². The zero-order valence-corrected chi connectivity index (χ0v) is 14.5. The number of aromatic amines is 1. The molecule has 2 saturated heterocycles. The number of H-pyrrole nitrogens is 1. The average molecular weight is 366 g/mol. The van der Waals surface area contributed by atoms with E-state index in [1.807, 2.05) is 12.2 Å². The van der Waals surface area contributed by atoms with Crippen molar-refractivity contribution in [2.45, 2.75) is 18.9 Å². The van der Waals surface area contributed by atoms with Crippen LogP contribution in [0.2, 0.25) is 0 Å². The second kappa shape index (κ2) is 5.94. The molecule has 8 heteroatoms. The van der Waals surface area contributed by atoms with Crippen molar-refractivity contribution in [3.8, 4) is 11.5 Å². The van der Waals surface area contributed by atoms with Crippen molar-refractivity contribution < 1.29 is 18.8 Å². The Morgan fingerprint density at radius 3 is 2.48 bits per heavy atom. The van der Waals surface area contributed by atoms with Gasteiger partial charge in [-0.2, -0.15) is 5.10 Å². The molecule has 2 aliphatic heterocycles. The fraction of sp³-hybridized carbons (Fsp3) is 0.368. The van der Waals surface area contributed by atoms with Crippen molar-refractivity contribution in [3.05, 3.63) is 42.3 Å². The fourth-order valence-corrected chi connectivity index (χ4v) is 4.12. The zero-order valence-electron chi connectivity index (χ0n) is 14.5. The minimum atomic E-state index is -0.233. The van der Waals surface area contributed by atoms with Crippen LogP contribution in [0.4, 0.5) is 0 Å². The SMILES string of the molecule is O=C(c1cc(-c2ccco2)[nH]n1)N1CC(N2C(=O)C3CC=CCC3C2=O)C1. The van der Waals surface area contributed by atoms with E-state index in [9.17, 15) is 14.4 Å². The number of fused-ring (bicyclic) bond motifs is 1. The molecule has 2 fully saturated rings. The highest BCUT2D eigenvalue weighted by Gasteiger charge is 2.52. The summed E-state index contributed by atoms with van der Waals surface area (Å²) in [5.74, 6) is -0.257. The minimum absolute atomic E-state index is 0.0914. The van der Waals surface area contributed by atoms with E-state index in [1.165, 1.54) is 4.90 Å². The van der Waals surface area contributed by atoms with Gasteiger partial charge < -0.3 is 9.32 Å². The molecule has 1 aliphatic carbocycles. The Morgan fingerprint density at radius 1 is 1.15 bits per heavy atom. The quantitative estimate of drug-likeness (QED) is 0.655. The van der Waals surface area contributed by atoms with Gasteiger partial charge in [0.05, 0.1) is 24.1 Å². The summed E-state index contributed by atoms with van der Waals surface area (Å²) >= 11 is 0. The summed E-state index contributed by atoms with van der Waals surface area (Å²) in [4.78, 5) is 40.8. The van der Waals surface area contributed by atoms with E-state index in [4.69, 9.17) is 4.42 Å². The summed E-state index contributed by atoms with van der Waals surface area (Å²) in [6.07, 6.45) is 6.75. The first-order chi connectivity index (χ1) is 13.1. The third-order valence-corrected chi connectivity index (χ3v) is 5.64. The highest BCUT2D eigenvalue weighted by atomic mass is 16.3. The second-order valence-corrected chi connectivity index (χ2v) is 7.21. The van der Waals surface area contributed by atoms with Crippen LogP contribution in [-0.4, -0.2) is 56.9 Å². The lowest BCUT2D eigenvalue weighted by Crippen LogP contribution is -2.62. The van der Waals surface area contributed by atoms with Gasteiger partial charge in [-0.3, -0.25) is 24.4 Å². The van der Waals surface area contributed by atoms with Gasteiger partial charge in [-0.05, 0) is 25.0 Å². The van der Waals surface area contributed by atoms with Crippen molar-refractivity contribution in [1.82, 2.24) is 20.0 Å². The number of hydrogen-bond donors (Lipinski definition) is 1. The number of nitrogens with one attached hydrogen (secondary N) is 1. The molecule has 27 heavy (non-hydrogen) atoms. The van der Waals surface area contributed by atoms with Crippen LogP contribution in [0, 0.1) is 11.8 Å². The number of amides is 3. The first-order valence-electron chi connectivity index (χ1n) is 9.04. The second-order valence-electron chi connectivity index (χ2n) is 7.21. The monoisotopic (exact) mass is 366 g/mol. The van der Waals surface area contributed by atoms with Gasteiger partial charge in [0.1, 0.15) is 5.69 Å². The molecule has 2 aromatic heterocycles. The Balaban J connectivity index is 1.25. The maximum atomic E-state index is 12.6. The summed E-state index contributed by atoms with van der Waals surface area (Å²) < 4.78 is 5.29. The lowest BCUT2D eigenvalue weighted by atomic mass is 9.85. The molecule has 138 valence electrons. The van der Waals surface area contributed by atoms with E-state index in [0.29, 0.717) is 37.4 Å². The number of nitrogens with zero attached hydrogens (tertiary/aromatic N) is 3. The van der Waals surface area contributed by atoms with Gasteiger partial charge in [-0.15, -0.1) is 0 Å².